The number of amides is 3. The first-order chi connectivity index (χ1) is 24.4. The highest BCUT2D eigenvalue weighted by Gasteiger charge is 2.25. The number of carbonyl (C=O) groups is 3. The van der Waals surface area contributed by atoms with Crippen LogP contribution in [-0.4, -0.2) is 62.1 Å². The van der Waals surface area contributed by atoms with Crippen molar-refractivity contribution in [3.63, 3.8) is 0 Å². The first-order valence-corrected chi connectivity index (χ1v) is 17.2. The van der Waals surface area contributed by atoms with Crippen molar-refractivity contribution < 1.29 is 28.2 Å². The molecule has 4 aromatic rings. The van der Waals surface area contributed by atoms with Crippen LogP contribution in [0.25, 0.3) is 5.52 Å². The van der Waals surface area contributed by atoms with E-state index in [1.807, 2.05) is 45.0 Å². The van der Waals surface area contributed by atoms with E-state index in [1.165, 1.54) is 24.5 Å². The van der Waals surface area contributed by atoms with Gasteiger partial charge in [0.1, 0.15) is 17.4 Å². The molecule has 12 nitrogen and oxygen atoms in total. The maximum atomic E-state index is 15.4. The molecule has 0 unspecified atom stereocenters. The summed E-state index contributed by atoms with van der Waals surface area (Å²) in [6.45, 7) is 9.79. The van der Waals surface area contributed by atoms with E-state index < -0.39 is 23.4 Å². The predicted octanol–water partition coefficient (Wildman–Crippen LogP) is 6.00. The van der Waals surface area contributed by atoms with E-state index in [9.17, 15) is 14.4 Å². The number of piperidine rings is 1. The fourth-order valence-corrected chi connectivity index (χ4v) is 6.07. The van der Waals surface area contributed by atoms with Crippen LogP contribution < -0.4 is 21.1 Å². The fourth-order valence-electron chi connectivity index (χ4n) is 6.07. The number of halogens is 1. The van der Waals surface area contributed by atoms with Crippen molar-refractivity contribution in [1.82, 2.24) is 24.8 Å². The third-order valence-electron chi connectivity index (χ3n) is 8.73. The maximum absolute atomic E-state index is 15.4. The van der Waals surface area contributed by atoms with Crippen LogP contribution in [0.4, 0.5) is 14.9 Å². The van der Waals surface area contributed by atoms with Crippen LogP contribution in [0.5, 0.6) is 11.6 Å². The third-order valence-corrected chi connectivity index (χ3v) is 8.73. The van der Waals surface area contributed by atoms with Gasteiger partial charge in [0.25, 0.3) is 0 Å². The van der Waals surface area contributed by atoms with Crippen molar-refractivity contribution >= 4 is 29.1 Å². The Morgan fingerprint density at radius 3 is 2.55 bits per heavy atom. The number of hydrogen-bond donors (Lipinski definition) is 3. The molecule has 1 aliphatic rings. The third kappa shape index (κ3) is 10.4. The quantitative estimate of drug-likeness (QED) is 0.113. The topological polar surface area (TPSA) is 153 Å². The standard InChI is InChI=1S/C38H46FN7O5/c1-5-7-34(48)51-38(3,4)17-6-8-30-21-27(23-45-18-15-28(40)16-19-45)35-36(41-24-42-46(30)35)50-32-14-13-29(22-31(32)39)43-37(49)44-33(47)20-26-11-9-25(2)10-12-26/h5,7,9-14,21-22,24,28H,6,8,15-20,23,40H2,1-4H3,(H2,43,44,47,49)/b7-5+. The second-order valence-electron chi connectivity index (χ2n) is 13.5. The minimum Gasteiger partial charge on any atom is -0.457 e. The van der Waals surface area contributed by atoms with Gasteiger partial charge in [0.05, 0.1) is 6.42 Å². The number of nitrogens with two attached hydrogens (primary N) is 1. The minimum absolute atomic E-state index is 0.0290. The molecule has 0 bridgehead atoms. The van der Waals surface area contributed by atoms with Crippen molar-refractivity contribution in [3.05, 3.63) is 95.2 Å². The maximum Gasteiger partial charge on any atom is 0.330 e. The smallest absolute Gasteiger partial charge is 0.330 e. The zero-order chi connectivity index (χ0) is 36.5. The molecule has 1 saturated heterocycles. The van der Waals surface area contributed by atoms with Crippen LogP contribution >= 0.6 is 0 Å². The van der Waals surface area contributed by atoms with Gasteiger partial charge in [-0.15, -0.1) is 0 Å². The zero-order valence-corrected chi connectivity index (χ0v) is 29.6. The van der Waals surface area contributed by atoms with Gasteiger partial charge >= 0.3 is 12.0 Å². The molecule has 0 aliphatic carbocycles. The molecule has 3 heterocycles. The summed E-state index contributed by atoms with van der Waals surface area (Å²) in [6, 6.07) is 12.9. The summed E-state index contributed by atoms with van der Waals surface area (Å²) in [4.78, 5) is 43.6. The molecule has 3 amide bonds. The number of nitrogens with one attached hydrogen (secondary N) is 2. The number of rotatable bonds is 13. The number of allylic oxidation sites excluding steroid dienone is 1. The lowest BCUT2D eigenvalue weighted by Gasteiger charge is -2.29. The van der Waals surface area contributed by atoms with E-state index in [2.05, 4.69) is 31.7 Å². The van der Waals surface area contributed by atoms with Gasteiger partial charge in [0, 0.05) is 36.1 Å². The van der Waals surface area contributed by atoms with Crippen LogP contribution in [0, 0.1) is 12.7 Å². The Morgan fingerprint density at radius 2 is 1.84 bits per heavy atom. The first-order valence-electron chi connectivity index (χ1n) is 17.2. The lowest BCUT2D eigenvalue weighted by atomic mass is 10.00. The second-order valence-corrected chi connectivity index (χ2v) is 13.5. The summed E-state index contributed by atoms with van der Waals surface area (Å²) in [5.41, 5.74) is 9.94. The number of nitrogens with zero attached hydrogens (tertiary/aromatic N) is 4. The Morgan fingerprint density at radius 1 is 1.10 bits per heavy atom. The number of anilines is 1. The van der Waals surface area contributed by atoms with E-state index in [4.69, 9.17) is 15.2 Å². The van der Waals surface area contributed by atoms with E-state index >= 15 is 4.39 Å². The van der Waals surface area contributed by atoms with E-state index in [0.717, 1.165) is 54.4 Å². The lowest BCUT2D eigenvalue weighted by molar-refractivity contribution is -0.150. The molecule has 1 fully saturated rings. The average molecular weight is 700 g/mol. The van der Waals surface area contributed by atoms with Crippen molar-refractivity contribution in [2.45, 2.75) is 84.4 Å². The van der Waals surface area contributed by atoms with Gasteiger partial charge in [-0.1, -0.05) is 35.9 Å². The normalized spacial score (nSPS) is 14.2. The molecule has 270 valence electrons. The molecule has 2 aromatic carbocycles. The lowest BCUT2D eigenvalue weighted by Crippen LogP contribution is -2.39. The van der Waals surface area contributed by atoms with Gasteiger partial charge in [0.15, 0.2) is 11.6 Å². The van der Waals surface area contributed by atoms with Crippen molar-refractivity contribution in [2.75, 3.05) is 18.4 Å². The highest BCUT2D eigenvalue weighted by Crippen LogP contribution is 2.32. The van der Waals surface area contributed by atoms with Gasteiger partial charge in [0.2, 0.25) is 11.8 Å². The number of aromatic nitrogens is 3. The summed E-state index contributed by atoms with van der Waals surface area (Å²) < 4.78 is 28.9. The second kappa shape index (κ2) is 16.7. The zero-order valence-electron chi connectivity index (χ0n) is 29.6. The average Bonchev–Trinajstić information content (AvgIpc) is 3.41. The molecule has 0 saturated carbocycles. The first kappa shape index (κ1) is 37.1. The highest BCUT2D eigenvalue weighted by atomic mass is 19.1. The highest BCUT2D eigenvalue weighted by molar-refractivity contribution is 6.01. The fraction of sp³-hybridized carbons (Fsp3) is 0.395. The SMILES string of the molecule is C/C=C/C(=O)OC(C)(C)CCCc1cc(CN2CCC(N)CC2)c2c(Oc3ccc(NC(=O)NC(=O)Cc4ccc(C)cc4)cc3F)ncnn12. The number of benzene rings is 2. The van der Waals surface area contributed by atoms with Gasteiger partial charge in [-0.25, -0.2) is 18.5 Å². The van der Waals surface area contributed by atoms with Gasteiger partial charge in [-0.2, -0.15) is 10.1 Å². The summed E-state index contributed by atoms with van der Waals surface area (Å²) in [5, 5.41) is 9.30. The summed E-state index contributed by atoms with van der Waals surface area (Å²) in [7, 11) is 0. The van der Waals surface area contributed by atoms with Gasteiger partial charge in [-0.3, -0.25) is 15.0 Å². The number of carbonyl (C=O) groups excluding carboxylic acids is 3. The number of likely N-dealkylation sites (tertiary alicyclic amines) is 1. The number of aryl methyl sites for hydroxylation is 2. The van der Waals surface area contributed by atoms with Crippen molar-refractivity contribution in [1.29, 1.82) is 0 Å². The molecular weight excluding hydrogens is 653 g/mol. The van der Waals surface area contributed by atoms with Crippen molar-refractivity contribution in [3.8, 4) is 11.6 Å². The van der Waals surface area contributed by atoms with Gasteiger partial charge < -0.3 is 20.5 Å². The Bertz CT molecular complexity index is 1880. The van der Waals surface area contributed by atoms with Crippen LogP contribution in [0.3, 0.4) is 0 Å². The Kier molecular flexibility index (Phi) is 12.2. The van der Waals surface area contributed by atoms with Crippen molar-refractivity contribution in [2.24, 2.45) is 5.73 Å². The predicted molar refractivity (Wildman–Crippen MR) is 192 cm³/mol. The Hall–Kier alpha value is -5.14. The summed E-state index contributed by atoms with van der Waals surface area (Å²) in [5.74, 6) is -1.52. The number of esters is 1. The Balaban J connectivity index is 1.30. The number of urea groups is 1. The van der Waals surface area contributed by atoms with E-state index in [1.54, 1.807) is 17.5 Å². The molecule has 13 heteroatoms. The summed E-state index contributed by atoms with van der Waals surface area (Å²) in [6.07, 6.45) is 8.21. The molecule has 2 aromatic heterocycles. The molecule has 51 heavy (non-hydrogen) atoms. The monoisotopic (exact) mass is 699 g/mol. The molecule has 5 rings (SSSR count). The van der Waals surface area contributed by atoms with Crippen LogP contribution in [-0.2, 0) is 33.7 Å². The largest absolute Gasteiger partial charge is 0.457 e. The molecule has 0 radical (unpaired) electrons. The van der Waals surface area contributed by atoms with E-state index in [0.29, 0.717) is 31.3 Å². The minimum atomic E-state index is -0.777. The van der Waals surface area contributed by atoms with Crippen LogP contribution in [0.15, 0.2) is 67.0 Å². The number of fused-ring (bicyclic) bond motifs is 1. The van der Waals surface area contributed by atoms with Gasteiger partial charge in [-0.05, 0) is 102 Å². The molecule has 0 spiro atoms. The molecule has 0 atom stereocenters. The van der Waals surface area contributed by atoms with Crippen LogP contribution in [0.2, 0.25) is 0 Å². The van der Waals surface area contributed by atoms with Crippen LogP contribution in [0.1, 0.15) is 68.8 Å². The molecule has 1 aliphatic heterocycles. The number of imide groups is 1. The molecular formula is C38H46FN7O5. The Labute approximate surface area is 297 Å². The van der Waals surface area contributed by atoms with E-state index in [-0.39, 0.29) is 35.7 Å². The number of hydrogen-bond acceptors (Lipinski definition) is 9. The molecule has 4 N–H and O–H groups in total. The summed E-state index contributed by atoms with van der Waals surface area (Å²) >= 11 is 0. The number of ether oxygens (including phenoxy) is 2.